The van der Waals surface area contributed by atoms with Crippen LogP contribution in [0.15, 0.2) is 30.3 Å². The molecule has 0 aliphatic carbocycles. The molecule has 0 aromatic heterocycles. The van der Waals surface area contributed by atoms with Gasteiger partial charge in [-0.1, -0.05) is 37.3 Å². The zero-order valence-electron chi connectivity index (χ0n) is 12.8. The highest BCUT2D eigenvalue weighted by molar-refractivity contribution is 6.27. The van der Waals surface area contributed by atoms with Gasteiger partial charge in [-0.05, 0) is 31.4 Å². The van der Waals surface area contributed by atoms with Crippen LogP contribution in [0.3, 0.4) is 0 Å². The fourth-order valence-electron chi connectivity index (χ4n) is 3.04. The molecule has 1 fully saturated rings. The molecule has 1 aromatic carbocycles. The molecule has 0 bridgehead atoms. The number of alkyl halides is 1. The fourth-order valence-corrected chi connectivity index (χ4v) is 3.19. The number of carbonyl (C=O) groups is 1. The SMILES string of the molecule is CCN(Cc1ccccc1)CC1CCCCN1C(=O)CCl. The lowest BCUT2D eigenvalue weighted by molar-refractivity contribution is -0.132. The molecular weight excluding hydrogens is 284 g/mol. The summed E-state index contributed by atoms with van der Waals surface area (Å²) in [6.45, 7) is 5.91. The standard InChI is InChI=1S/C17H25ClN2O/c1-2-19(13-15-8-4-3-5-9-15)14-16-10-6-7-11-20(16)17(21)12-18/h3-5,8-9,16H,2,6-7,10-14H2,1H3. The Kier molecular flexibility index (Phi) is 6.52. The monoisotopic (exact) mass is 308 g/mol. The number of hydrogen-bond donors (Lipinski definition) is 0. The van der Waals surface area contributed by atoms with Crippen molar-refractivity contribution in [1.82, 2.24) is 9.80 Å². The van der Waals surface area contributed by atoms with Crippen molar-refractivity contribution in [2.24, 2.45) is 0 Å². The van der Waals surface area contributed by atoms with Crippen LogP contribution in [-0.2, 0) is 11.3 Å². The van der Waals surface area contributed by atoms with Crippen molar-refractivity contribution in [2.45, 2.75) is 38.8 Å². The molecule has 21 heavy (non-hydrogen) atoms. The van der Waals surface area contributed by atoms with Gasteiger partial charge in [0.1, 0.15) is 5.88 Å². The van der Waals surface area contributed by atoms with E-state index in [0.717, 1.165) is 39.0 Å². The van der Waals surface area contributed by atoms with Gasteiger partial charge in [0.05, 0.1) is 0 Å². The molecule has 1 amide bonds. The number of rotatable bonds is 6. The van der Waals surface area contributed by atoms with Gasteiger partial charge in [0.2, 0.25) is 5.91 Å². The zero-order valence-corrected chi connectivity index (χ0v) is 13.6. The highest BCUT2D eigenvalue weighted by Gasteiger charge is 2.27. The van der Waals surface area contributed by atoms with Gasteiger partial charge in [-0.3, -0.25) is 9.69 Å². The number of likely N-dealkylation sites (tertiary alicyclic amines) is 1. The summed E-state index contributed by atoms with van der Waals surface area (Å²) in [5.74, 6) is 0.179. The number of likely N-dealkylation sites (N-methyl/N-ethyl adjacent to an activating group) is 1. The van der Waals surface area contributed by atoms with Crippen LogP contribution < -0.4 is 0 Å². The minimum Gasteiger partial charge on any atom is -0.337 e. The highest BCUT2D eigenvalue weighted by Crippen LogP contribution is 2.19. The fraction of sp³-hybridized carbons (Fsp3) is 0.588. The predicted molar refractivity (Wildman–Crippen MR) is 87.5 cm³/mol. The van der Waals surface area contributed by atoms with Gasteiger partial charge in [0, 0.05) is 25.7 Å². The van der Waals surface area contributed by atoms with Crippen LogP contribution >= 0.6 is 11.6 Å². The Morgan fingerprint density at radius 1 is 1.33 bits per heavy atom. The summed E-state index contributed by atoms with van der Waals surface area (Å²) < 4.78 is 0. The number of halogens is 1. The number of nitrogens with zero attached hydrogens (tertiary/aromatic N) is 2. The molecule has 1 aliphatic rings. The maximum Gasteiger partial charge on any atom is 0.237 e. The van der Waals surface area contributed by atoms with Gasteiger partial charge in [0.25, 0.3) is 0 Å². The molecule has 116 valence electrons. The Labute approximate surface area is 132 Å². The molecule has 1 unspecified atom stereocenters. The normalized spacial score (nSPS) is 19.0. The Balaban J connectivity index is 1.97. The van der Waals surface area contributed by atoms with Gasteiger partial charge >= 0.3 is 0 Å². The smallest absolute Gasteiger partial charge is 0.237 e. The zero-order chi connectivity index (χ0) is 15.1. The molecule has 0 radical (unpaired) electrons. The average Bonchev–Trinajstić information content (AvgIpc) is 2.55. The predicted octanol–water partition coefficient (Wildman–Crippen LogP) is 3.13. The topological polar surface area (TPSA) is 23.6 Å². The first-order valence-electron chi connectivity index (χ1n) is 7.86. The van der Waals surface area contributed by atoms with E-state index < -0.39 is 0 Å². The third-order valence-electron chi connectivity index (χ3n) is 4.23. The van der Waals surface area contributed by atoms with Crippen LogP contribution in [0.25, 0.3) is 0 Å². The van der Waals surface area contributed by atoms with Crippen LogP contribution in [0.4, 0.5) is 0 Å². The summed E-state index contributed by atoms with van der Waals surface area (Å²) in [6.07, 6.45) is 3.40. The minimum absolute atomic E-state index is 0.0807. The lowest BCUT2D eigenvalue weighted by Gasteiger charge is -2.38. The molecule has 3 nitrogen and oxygen atoms in total. The maximum absolute atomic E-state index is 12.0. The van der Waals surface area contributed by atoms with E-state index in [4.69, 9.17) is 11.6 Å². The summed E-state index contributed by atoms with van der Waals surface area (Å²) in [5.41, 5.74) is 1.32. The second kappa shape index (κ2) is 8.40. The van der Waals surface area contributed by atoms with E-state index in [0.29, 0.717) is 6.04 Å². The summed E-state index contributed by atoms with van der Waals surface area (Å²) in [7, 11) is 0. The van der Waals surface area contributed by atoms with Crippen molar-refractivity contribution < 1.29 is 4.79 Å². The molecule has 2 rings (SSSR count). The Bertz CT molecular complexity index is 438. The Morgan fingerprint density at radius 2 is 2.10 bits per heavy atom. The number of hydrogen-bond acceptors (Lipinski definition) is 2. The van der Waals surface area contributed by atoms with Gasteiger partial charge in [-0.15, -0.1) is 11.6 Å². The number of benzene rings is 1. The summed E-state index contributed by atoms with van der Waals surface area (Å²) >= 11 is 5.75. The van der Waals surface area contributed by atoms with Crippen LogP contribution in [0.5, 0.6) is 0 Å². The first-order chi connectivity index (χ1) is 10.2. The maximum atomic E-state index is 12.0. The third kappa shape index (κ3) is 4.72. The van der Waals surface area contributed by atoms with E-state index in [9.17, 15) is 4.79 Å². The minimum atomic E-state index is 0.0807. The first-order valence-corrected chi connectivity index (χ1v) is 8.39. The van der Waals surface area contributed by atoms with Gasteiger partial charge in [-0.25, -0.2) is 0 Å². The quantitative estimate of drug-likeness (QED) is 0.754. The van der Waals surface area contributed by atoms with Crippen LogP contribution in [0.2, 0.25) is 0 Å². The number of carbonyl (C=O) groups excluding carboxylic acids is 1. The van der Waals surface area contributed by atoms with E-state index in [2.05, 4.69) is 36.1 Å². The lowest BCUT2D eigenvalue weighted by atomic mass is 10.0. The Hall–Kier alpha value is -1.06. The first kappa shape index (κ1) is 16.3. The van der Waals surface area contributed by atoms with Crippen molar-refractivity contribution in [3.05, 3.63) is 35.9 Å². The van der Waals surface area contributed by atoms with Crippen molar-refractivity contribution in [2.75, 3.05) is 25.5 Å². The van der Waals surface area contributed by atoms with Crippen LogP contribution in [0, 0.1) is 0 Å². The van der Waals surface area contributed by atoms with Gasteiger partial charge in [-0.2, -0.15) is 0 Å². The Morgan fingerprint density at radius 3 is 2.76 bits per heavy atom. The largest absolute Gasteiger partial charge is 0.337 e. The second-order valence-electron chi connectivity index (χ2n) is 5.68. The third-order valence-corrected chi connectivity index (χ3v) is 4.46. The molecule has 1 heterocycles. The summed E-state index contributed by atoms with van der Waals surface area (Å²) in [5, 5.41) is 0. The summed E-state index contributed by atoms with van der Waals surface area (Å²) in [6, 6.07) is 10.8. The molecule has 0 spiro atoms. The van der Waals surface area contributed by atoms with Crippen LogP contribution in [-0.4, -0.2) is 47.3 Å². The van der Waals surface area contributed by atoms with Crippen molar-refractivity contribution in [1.29, 1.82) is 0 Å². The second-order valence-corrected chi connectivity index (χ2v) is 5.95. The number of piperidine rings is 1. The molecule has 4 heteroatoms. The van der Waals surface area contributed by atoms with Crippen molar-refractivity contribution in [3.63, 3.8) is 0 Å². The van der Waals surface area contributed by atoms with E-state index in [1.165, 1.54) is 12.0 Å². The van der Waals surface area contributed by atoms with E-state index in [1.54, 1.807) is 0 Å². The van der Waals surface area contributed by atoms with Crippen LogP contribution in [0.1, 0.15) is 31.7 Å². The lowest BCUT2D eigenvalue weighted by Crippen LogP contribution is -2.49. The molecule has 0 saturated carbocycles. The number of amides is 1. The molecular formula is C17H25ClN2O. The summed E-state index contributed by atoms with van der Waals surface area (Å²) in [4.78, 5) is 16.4. The van der Waals surface area contributed by atoms with E-state index >= 15 is 0 Å². The molecule has 1 saturated heterocycles. The van der Waals surface area contributed by atoms with Gasteiger partial charge in [0.15, 0.2) is 0 Å². The molecule has 1 aliphatic heterocycles. The van der Waals surface area contributed by atoms with E-state index in [1.807, 2.05) is 11.0 Å². The van der Waals surface area contributed by atoms with E-state index in [-0.39, 0.29) is 11.8 Å². The average molecular weight is 309 g/mol. The van der Waals surface area contributed by atoms with Crippen molar-refractivity contribution in [3.8, 4) is 0 Å². The highest BCUT2D eigenvalue weighted by atomic mass is 35.5. The molecule has 1 atom stereocenters. The van der Waals surface area contributed by atoms with Gasteiger partial charge < -0.3 is 4.90 Å². The molecule has 1 aromatic rings. The molecule has 0 N–H and O–H groups in total. The van der Waals surface area contributed by atoms with Crippen molar-refractivity contribution >= 4 is 17.5 Å².